The molecule has 1 atom stereocenters. The van der Waals surface area contributed by atoms with Crippen LogP contribution >= 0.6 is 0 Å². The molecule has 0 aliphatic carbocycles. The zero-order valence-corrected chi connectivity index (χ0v) is 18.5. The van der Waals surface area contributed by atoms with Gasteiger partial charge in [0.25, 0.3) is 5.91 Å². The predicted octanol–water partition coefficient (Wildman–Crippen LogP) is 3.92. The van der Waals surface area contributed by atoms with E-state index in [1.165, 1.54) is 0 Å². The standard InChI is InChI=1S/C26H24N4O3/c1-16-12-21(17(2)30(16)19-8-4-3-5-9-19)24(31)15-29-25(32)23(28-26(29)33)13-18-14-27-22-11-7-6-10-20(18)22/h3-12,14,23,27H,13,15H2,1-2H3,(H,28,33)/t23-/m0/s1. The van der Waals surface area contributed by atoms with E-state index in [1.54, 1.807) is 0 Å². The zero-order valence-electron chi connectivity index (χ0n) is 18.5. The van der Waals surface area contributed by atoms with Crippen molar-refractivity contribution >= 4 is 28.6 Å². The van der Waals surface area contributed by atoms with Gasteiger partial charge in [0.05, 0.1) is 6.54 Å². The molecule has 0 saturated carbocycles. The molecule has 7 heteroatoms. The van der Waals surface area contributed by atoms with Gasteiger partial charge < -0.3 is 14.9 Å². The first-order chi connectivity index (χ1) is 15.9. The van der Waals surface area contributed by atoms with Crippen molar-refractivity contribution in [1.82, 2.24) is 19.8 Å². The number of nitrogens with one attached hydrogen (secondary N) is 2. The summed E-state index contributed by atoms with van der Waals surface area (Å²) in [6.45, 7) is 3.52. The summed E-state index contributed by atoms with van der Waals surface area (Å²) in [5.41, 5.74) is 5.09. The van der Waals surface area contributed by atoms with Crippen molar-refractivity contribution < 1.29 is 14.4 Å². The van der Waals surface area contributed by atoms with Gasteiger partial charge in [0.2, 0.25) is 0 Å². The average molecular weight is 441 g/mol. The second kappa shape index (κ2) is 8.09. The van der Waals surface area contributed by atoms with E-state index >= 15 is 0 Å². The largest absolute Gasteiger partial charge is 0.361 e. The molecule has 3 heterocycles. The van der Waals surface area contributed by atoms with Crippen LogP contribution < -0.4 is 5.32 Å². The summed E-state index contributed by atoms with van der Waals surface area (Å²) in [6.07, 6.45) is 2.22. The number of carbonyl (C=O) groups excluding carboxylic acids is 3. The number of nitrogens with zero attached hydrogens (tertiary/aromatic N) is 2. The SMILES string of the molecule is Cc1cc(C(=O)CN2C(=O)N[C@@H](Cc3c[nH]c4ccccc34)C2=O)c(C)n1-c1ccccc1. The molecule has 0 bridgehead atoms. The second-order valence-electron chi connectivity index (χ2n) is 8.37. The van der Waals surface area contributed by atoms with Crippen molar-refractivity contribution in [3.63, 3.8) is 0 Å². The Kier molecular flexibility index (Phi) is 5.09. The number of urea groups is 1. The van der Waals surface area contributed by atoms with Gasteiger partial charge in [0, 0.05) is 46.2 Å². The highest BCUT2D eigenvalue weighted by Gasteiger charge is 2.39. The Morgan fingerprint density at radius 2 is 1.73 bits per heavy atom. The lowest BCUT2D eigenvalue weighted by molar-refractivity contribution is -0.127. The molecule has 0 radical (unpaired) electrons. The number of carbonyl (C=O) groups is 3. The molecule has 2 N–H and O–H groups in total. The third-order valence-electron chi connectivity index (χ3n) is 6.25. The summed E-state index contributed by atoms with van der Waals surface area (Å²) in [4.78, 5) is 42.9. The molecule has 2 aromatic carbocycles. The quantitative estimate of drug-likeness (QED) is 0.352. The number of Topliss-reactive ketones (excluding diaryl/α,β-unsaturated/α-hetero) is 1. The van der Waals surface area contributed by atoms with Gasteiger partial charge in [0.1, 0.15) is 6.04 Å². The average Bonchev–Trinajstić information content (AvgIpc) is 3.44. The van der Waals surface area contributed by atoms with Crippen molar-refractivity contribution in [1.29, 1.82) is 0 Å². The molecule has 0 unspecified atom stereocenters. The Morgan fingerprint density at radius 1 is 1.00 bits per heavy atom. The third kappa shape index (κ3) is 3.61. The van der Waals surface area contributed by atoms with Gasteiger partial charge in [-0.1, -0.05) is 36.4 Å². The van der Waals surface area contributed by atoms with Crippen LogP contribution in [0.15, 0.2) is 66.9 Å². The number of benzene rings is 2. The van der Waals surface area contributed by atoms with Crippen molar-refractivity contribution in [2.75, 3.05) is 6.54 Å². The Balaban J connectivity index is 1.34. The van der Waals surface area contributed by atoms with Crippen LogP contribution in [0.5, 0.6) is 0 Å². The molecule has 1 fully saturated rings. The van der Waals surface area contributed by atoms with Crippen molar-refractivity contribution in [3.05, 3.63) is 89.4 Å². The molecule has 1 aliphatic rings. The molecule has 166 valence electrons. The molecule has 5 rings (SSSR count). The molecule has 7 nitrogen and oxygen atoms in total. The molecular formula is C26H24N4O3. The number of rotatable bonds is 6. The van der Waals surface area contributed by atoms with Gasteiger partial charge in [0.15, 0.2) is 5.78 Å². The van der Waals surface area contributed by atoms with E-state index in [0.29, 0.717) is 12.0 Å². The number of fused-ring (bicyclic) bond motifs is 1. The van der Waals surface area contributed by atoms with E-state index in [4.69, 9.17) is 0 Å². The van der Waals surface area contributed by atoms with Crippen LogP contribution in [0.25, 0.3) is 16.6 Å². The van der Waals surface area contributed by atoms with Gasteiger partial charge in [-0.05, 0) is 43.7 Å². The Morgan fingerprint density at radius 3 is 2.52 bits per heavy atom. The fourth-order valence-corrected chi connectivity index (χ4v) is 4.63. The Bertz CT molecular complexity index is 1380. The smallest absolute Gasteiger partial charge is 0.325 e. The molecule has 2 aromatic heterocycles. The lowest BCUT2D eigenvalue weighted by Crippen LogP contribution is -2.36. The van der Waals surface area contributed by atoms with E-state index in [1.807, 2.05) is 85.3 Å². The maximum Gasteiger partial charge on any atom is 0.325 e. The Labute approximate surface area is 191 Å². The number of ketones is 1. The summed E-state index contributed by atoms with van der Waals surface area (Å²) in [6, 6.07) is 18.2. The van der Waals surface area contributed by atoms with Crippen LogP contribution in [-0.4, -0.2) is 44.8 Å². The first-order valence-corrected chi connectivity index (χ1v) is 10.9. The molecule has 4 aromatic rings. The zero-order chi connectivity index (χ0) is 23.1. The normalized spacial score (nSPS) is 15.9. The Hall–Kier alpha value is -4.13. The summed E-state index contributed by atoms with van der Waals surface area (Å²) in [5.74, 6) is -0.642. The van der Waals surface area contributed by atoms with Gasteiger partial charge >= 0.3 is 6.03 Å². The van der Waals surface area contributed by atoms with E-state index in [-0.39, 0.29) is 18.2 Å². The minimum absolute atomic E-state index is 0.262. The van der Waals surface area contributed by atoms with Gasteiger partial charge in [-0.3, -0.25) is 14.5 Å². The second-order valence-corrected chi connectivity index (χ2v) is 8.37. The van der Waals surface area contributed by atoms with Gasteiger partial charge in [-0.2, -0.15) is 0 Å². The van der Waals surface area contributed by atoms with Crippen molar-refractivity contribution in [2.45, 2.75) is 26.3 Å². The molecule has 0 spiro atoms. The van der Waals surface area contributed by atoms with E-state index in [2.05, 4.69) is 10.3 Å². The molecular weight excluding hydrogens is 416 g/mol. The number of para-hydroxylation sites is 2. The number of aromatic nitrogens is 2. The summed E-state index contributed by atoms with van der Waals surface area (Å²) < 4.78 is 2.00. The summed E-state index contributed by atoms with van der Waals surface area (Å²) in [5, 5.41) is 3.75. The number of aromatic amines is 1. The first kappa shape index (κ1) is 20.8. The number of imide groups is 1. The molecule has 33 heavy (non-hydrogen) atoms. The fourth-order valence-electron chi connectivity index (χ4n) is 4.63. The highest BCUT2D eigenvalue weighted by Crippen LogP contribution is 2.23. The monoisotopic (exact) mass is 440 g/mol. The van der Waals surface area contributed by atoms with E-state index < -0.39 is 12.1 Å². The van der Waals surface area contributed by atoms with Gasteiger partial charge in [-0.15, -0.1) is 0 Å². The number of hydrogen-bond acceptors (Lipinski definition) is 3. The van der Waals surface area contributed by atoms with Crippen molar-refractivity contribution in [2.24, 2.45) is 0 Å². The third-order valence-corrected chi connectivity index (χ3v) is 6.25. The number of aryl methyl sites for hydroxylation is 1. The lowest BCUT2D eigenvalue weighted by atomic mass is 10.0. The topological polar surface area (TPSA) is 87.2 Å². The number of hydrogen-bond donors (Lipinski definition) is 2. The van der Waals surface area contributed by atoms with Crippen LogP contribution in [0.2, 0.25) is 0 Å². The van der Waals surface area contributed by atoms with Crippen LogP contribution in [0.1, 0.15) is 27.3 Å². The first-order valence-electron chi connectivity index (χ1n) is 10.9. The molecule has 1 saturated heterocycles. The number of amides is 3. The van der Waals surface area contributed by atoms with Crippen LogP contribution in [0.3, 0.4) is 0 Å². The highest BCUT2D eigenvalue weighted by molar-refractivity contribution is 6.09. The lowest BCUT2D eigenvalue weighted by Gasteiger charge is -2.13. The minimum Gasteiger partial charge on any atom is -0.361 e. The van der Waals surface area contributed by atoms with E-state index in [0.717, 1.165) is 38.4 Å². The fraction of sp³-hybridized carbons (Fsp3) is 0.192. The summed E-state index contributed by atoms with van der Waals surface area (Å²) >= 11 is 0. The van der Waals surface area contributed by atoms with Crippen LogP contribution in [0.4, 0.5) is 4.79 Å². The van der Waals surface area contributed by atoms with Crippen LogP contribution in [0, 0.1) is 13.8 Å². The maximum atomic E-state index is 13.1. The summed E-state index contributed by atoms with van der Waals surface area (Å²) in [7, 11) is 0. The highest BCUT2D eigenvalue weighted by atomic mass is 16.2. The van der Waals surface area contributed by atoms with Gasteiger partial charge in [-0.25, -0.2) is 4.79 Å². The van der Waals surface area contributed by atoms with Crippen molar-refractivity contribution in [3.8, 4) is 5.69 Å². The van der Waals surface area contributed by atoms with E-state index in [9.17, 15) is 14.4 Å². The molecule has 3 amide bonds. The predicted molar refractivity (Wildman–Crippen MR) is 126 cm³/mol. The maximum absolute atomic E-state index is 13.1. The number of H-pyrrole nitrogens is 1. The van der Waals surface area contributed by atoms with Crippen LogP contribution in [-0.2, 0) is 11.2 Å². The molecule has 1 aliphatic heterocycles. The minimum atomic E-state index is -0.693.